The summed E-state index contributed by atoms with van der Waals surface area (Å²) < 4.78 is 27.4. The van der Waals surface area contributed by atoms with Crippen molar-refractivity contribution < 1.29 is 18.4 Å². The molecular formula is C19H24F2N4O2. The second-order valence-corrected chi connectivity index (χ2v) is 7.58. The number of benzene rings is 1. The number of hydrogen-bond acceptors (Lipinski definition) is 4. The lowest BCUT2D eigenvalue weighted by molar-refractivity contribution is -0.131. The minimum absolute atomic E-state index is 0.0922. The molecule has 1 aromatic rings. The van der Waals surface area contributed by atoms with Gasteiger partial charge in [0.1, 0.15) is 5.54 Å². The van der Waals surface area contributed by atoms with E-state index in [0.717, 1.165) is 31.7 Å². The van der Waals surface area contributed by atoms with Crippen LogP contribution in [0.2, 0.25) is 0 Å². The summed E-state index contributed by atoms with van der Waals surface area (Å²) in [6, 6.07) is 3.92. The lowest BCUT2D eigenvalue weighted by atomic mass is 9.98. The molecule has 0 aromatic heterocycles. The molecule has 3 amide bonds. The van der Waals surface area contributed by atoms with Crippen molar-refractivity contribution in [3.63, 3.8) is 0 Å². The zero-order valence-electron chi connectivity index (χ0n) is 15.2. The minimum atomic E-state index is -0.839. The summed E-state index contributed by atoms with van der Waals surface area (Å²) in [6.45, 7) is 3.44. The summed E-state index contributed by atoms with van der Waals surface area (Å²) >= 11 is 0. The number of rotatable bonds is 4. The van der Waals surface area contributed by atoms with E-state index in [2.05, 4.69) is 10.2 Å². The van der Waals surface area contributed by atoms with E-state index in [1.807, 2.05) is 4.90 Å². The minimum Gasteiger partial charge on any atom is -0.367 e. The van der Waals surface area contributed by atoms with Gasteiger partial charge in [-0.3, -0.25) is 14.6 Å². The van der Waals surface area contributed by atoms with Gasteiger partial charge < -0.3 is 10.2 Å². The van der Waals surface area contributed by atoms with E-state index in [9.17, 15) is 18.4 Å². The zero-order chi connectivity index (χ0) is 19.0. The van der Waals surface area contributed by atoms with E-state index in [0.29, 0.717) is 39.3 Å². The first-order valence-corrected chi connectivity index (χ1v) is 9.56. The average Bonchev–Trinajstić information content (AvgIpc) is 3.22. The molecule has 1 aliphatic carbocycles. The van der Waals surface area contributed by atoms with E-state index in [1.165, 1.54) is 11.0 Å². The molecular weight excluding hydrogens is 354 g/mol. The number of hydrogen-bond donors (Lipinski definition) is 1. The molecule has 0 radical (unpaired) electrons. The van der Waals surface area contributed by atoms with Gasteiger partial charge in [-0.1, -0.05) is 18.9 Å². The van der Waals surface area contributed by atoms with Gasteiger partial charge in [0.2, 0.25) is 0 Å². The topological polar surface area (TPSA) is 55.9 Å². The highest BCUT2D eigenvalue weighted by atomic mass is 19.2. The molecule has 1 N–H and O–H groups in total. The van der Waals surface area contributed by atoms with Crippen LogP contribution >= 0.6 is 0 Å². The number of amides is 3. The molecule has 1 aromatic carbocycles. The fourth-order valence-electron chi connectivity index (χ4n) is 4.39. The summed E-state index contributed by atoms with van der Waals surface area (Å²) in [7, 11) is 0. The van der Waals surface area contributed by atoms with E-state index < -0.39 is 17.2 Å². The van der Waals surface area contributed by atoms with Crippen molar-refractivity contribution in [2.75, 3.05) is 44.2 Å². The molecule has 0 bridgehead atoms. The largest absolute Gasteiger partial charge is 0.367 e. The number of anilines is 1. The van der Waals surface area contributed by atoms with Crippen LogP contribution in [0.3, 0.4) is 0 Å². The van der Waals surface area contributed by atoms with Crippen LogP contribution in [-0.2, 0) is 4.79 Å². The quantitative estimate of drug-likeness (QED) is 0.814. The van der Waals surface area contributed by atoms with Gasteiger partial charge in [0, 0.05) is 39.3 Å². The Morgan fingerprint density at radius 2 is 1.70 bits per heavy atom. The Bertz CT molecular complexity index is 743. The molecule has 1 spiro atoms. The zero-order valence-corrected chi connectivity index (χ0v) is 15.2. The van der Waals surface area contributed by atoms with Gasteiger partial charge in [-0.2, -0.15) is 0 Å². The number of halogens is 2. The molecule has 2 heterocycles. The number of nitrogens with zero attached hydrogens (tertiary/aromatic N) is 3. The van der Waals surface area contributed by atoms with Crippen LogP contribution in [0.15, 0.2) is 18.2 Å². The van der Waals surface area contributed by atoms with Gasteiger partial charge in [-0.15, -0.1) is 0 Å². The van der Waals surface area contributed by atoms with Crippen molar-refractivity contribution in [2.45, 2.75) is 31.2 Å². The normalized spacial score (nSPS) is 22.7. The maximum Gasteiger partial charge on any atom is 0.325 e. The standard InChI is InChI=1S/C19H24F2N4O2/c20-14-4-3-5-15(16(14)21)24-11-8-23(9-12-24)10-13-25-17(26)19(22-18(25)27)6-1-2-7-19/h3-5H,1-2,6-13H2,(H,22,27). The molecule has 2 aliphatic heterocycles. The van der Waals surface area contributed by atoms with Crippen molar-refractivity contribution in [1.29, 1.82) is 0 Å². The molecule has 1 saturated carbocycles. The Labute approximate surface area is 157 Å². The van der Waals surface area contributed by atoms with Gasteiger partial charge in [0.05, 0.1) is 5.69 Å². The third-order valence-electron chi connectivity index (χ3n) is 5.99. The van der Waals surface area contributed by atoms with Crippen LogP contribution in [0.1, 0.15) is 25.7 Å². The van der Waals surface area contributed by atoms with Crippen LogP contribution in [0, 0.1) is 11.6 Å². The first-order valence-electron chi connectivity index (χ1n) is 9.56. The first kappa shape index (κ1) is 18.2. The van der Waals surface area contributed by atoms with E-state index >= 15 is 0 Å². The number of imide groups is 1. The molecule has 2 saturated heterocycles. The highest BCUT2D eigenvalue weighted by Crippen LogP contribution is 2.35. The summed E-state index contributed by atoms with van der Waals surface area (Å²) in [5.41, 5.74) is -0.378. The van der Waals surface area contributed by atoms with E-state index in [1.54, 1.807) is 6.07 Å². The second kappa shape index (κ2) is 7.07. The second-order valence-electron chi connectivity index (χ2n) is 7.58. The summed E-state index contributed by atoms with van der Waals surface area (Å²) in [6.07, 6.45) is 3.40. The molecule has 146 valence electrons. The number of piperazine rings is 1. The average molecular weight is 378 g/mol. The van der Waals surface area contributed by atoms with Crippen LogP contribution in [0.4, 0.5) is 19.3 Å². The maximum atomic E-state index is 13.9. The molecule has 0 unspecified atom stereocenters. The van der Waals surface area contributed by atoms with Gasteiger partial charge in [-0.25, -0.2) is 13.6 Å². The first-order chi connectivity index (χ1) is 13.0. The lowest BCUT2D eigenvalue weighted by Crippen LogP contribution is -2.49. The van der Waals surface area contributed by atoms with Crippen LogP contribution in [0.25, 0.3) is 0 Å². The summed E-state index contributed by atoms with van der Waals surface area (Å²) in [4.78, 5) is 30.2. The van der Waals surface area contributed by atoms with Crippen LogP contribution in [-0.4, -0.2) is 66.5 Å². The molecule has 27 heavy (non-hydrogen) atoms. The number of carbonyl (C=O) groups excluding carboxylic acids is 2. The smallest absolute Gasteiger partial charge is 0.325 e. The molecule has 0 atom stereocenters. The van der Waals surface area contributed by atoms with Crippen molar-refractivity contribution in [3.8, 4) is 0 Å². The maximum absolute atomic E-state index is 13.9. The monoisotopic (exact) mass is 378 g/mol. The van der Waals surface area contributed by atoms with Crippen LogP contribution in [0.5, 0.6) is 0 Å². The van der Waals surface area contributed by atoms with Crippen molar-refractivity contribution in [3.05, 3.63) is 29.8 Å². The highest BCUT2D eigenvalue weighted by molar-refractivity contribution is 6.07. The van der Waals surface area contributed by atoms with Crippen molar-refractivity contribution in [2.24, 2.45) is 0 Å². The van der Waals surface area contributed by atoms with Gasteiger partial charge >= 0.3 is 6.03 Å². The van der Waals surface area contributed by atoms with E-state index in [4.69, 9.17) is 0 Å². The summed E-state index contributed by atoms with van der Waals surface area (Å²) in [5.74, 6) is -1.74. The molecule has 3 fully saturated rings. The Balaban J connectivity index is 1.30. The fourth-order valence-corrected chi connectivity index (χ4v) is 4.39. The predicted molar refractivity (Wildman–Crippen MR) is 96.5 cm³/mol. The summed E-state index contributed by atoms with van der Waals surface area (Å²) in [5, 5.41) is 2.89. The van der Waals surface area contributed by atoms with Gasteiger partial charge in [0.15, 0.2) is 11.6 Å². The molecule has 3 aliphatic rings. The third-order valence-corrected chi connectivity index (χ3v) is 5.99. The Morgan fingerprint density at radius 3 is 2.41 bits per heavy atom. The van der Waals surface area contributed by atoms with Gasteiger partial charge in [0.25, 0.3) is 5.91 Å². The Morgan fingerprint density at radius 1 is 1.00 bits per heavy atom. The van der Waals surface area contributed by atoms with Crippen molar-refractivity contribution >= 4 is 17.6 Å². The number of urea groups is 1. The fraction of sp³-hybridized carbons (Fsp3) is 0.579. The van der Waals surface area contributed by atoms with Crippen molar-refractivity contribution in [1.82, 2.24) is 15.1 Å². The predicted octanol–water partition coefficient (Wildman–Crippen LogP) is 1.95. The van der Waals surface area contributed by atoms with Crippen LogP contribution < -0.4 is 10.2 Å². The Kier molecular flexibility index (Phi) is 4.75. The molecule has 6 nitrogen and oxygen atoms in total. The highest BCUT2D eigenvalue weighted by Gasteiger charge is 2.52. The van der Waals surface area contributed by atoms with Gasteiger partial charge in [-0.05, 0) is 25.0 Å². The number of nitrogens with one attached hydrogen (secondary N) is 1. The lowest BCUT2D eigenvalue weighted by Gasteiger charge is -2.36. The molecule has 8 heteroatoms. The van der Waals surface area contributed by atoms with E-state index in [-0.39, 0.29) is 17.6 Å². The third kappa shape index (κ3) is 3.26. The SMILES string of the molecule is O=C1NC2(CCCC2)C(=O)N1CCN1CCN(c2cccc(F)c2F)CC1. The Hall–Kier alpha value is -2.22. The number of carbonyl (C=O) groups is 2. The molecule has 4 rings (SSSR count).